The van der Waals surface area contributed by atoms with Gasteiger partial charge in [-0.3, -0.25) is 14.5 Å². The lowest BCUT2D eigenvalue weighted by Crippen LogP contribution is -2.26. The lowest BCUT2D eigenvalue weighted by atomic mass is 10.1. The Hall–Kier alpha value is -3.69. The van der Waals surface area contributed by atoms with Gasteiger partial charge in [0.15, 0.2) is 5.43 Å². The number of fused-ring (bicyclic) bond motifs is 1. The number of nitrogens with two attached hydrogens (primary N) is 1. The normalized spacial score (nSPS) is 12.5. The van der Waals surface area contributed by atoms with Crippen LogP contribution in [0.4, 0.5) is 4.39 Å². The van der Waals surface area contributed by atoms with E-state index in [1.54, 1.807) is 42.1 Å². The number of aryl methyl sites for hydroxylation is 1. The molecule has 0 aliphatic rings. The number of halogens is 1. The van der Waals surface area contributed by atoms with Gasteiger partial charge >= 0.3 is 0 Å². The first-order chi connectivity index (χ1) is 15.8. The number of carbonyl (C=O) groups is 1. The van der Waals surface area contributed by atoms with E-state index in [0.717, 1.165) is 5.56 Å². The molecule has 3 heterocycles. The maximum Gasteiger partial charge on any atom is 0.253 e. The second-order valence-corrected chi connectivity index (χ2v) is 7.89. The number of rotatable bonds is 9. The molecule has 9 heteroatoms. The summed E-state index contributed by atoms with van der Waals surface area (Å²) in [6, 6.07) is 10.8. The molecule has 0 saturated carbocycles. The Bertz CT molecular complexity index is 1310. The monoisotopic (exact) mass is 453 g/mol. The van der Waals surface area contributed by atoms with Gasteiger partial charge in [-0.2, -0.15) is 0 Å². The average molecular weight is 453 g/mol. The number of aliphatic hydroxyl groups excluding tert-OH is 1. The van der Waals surface area contributed by atoms with Gasteiger partial charge in [0.1, 0.15) is 23.4 Å². The summed E-state index contributed by atoms with van der Waals surface area (Å²) in [4.78, 5) is 26.6. The van der Waals surface area contributed by atoms with Crippen molar-refractivity contribution in [1.29, 1.82) is 0 Å². The van der Waals surface area contributed by atoms with Gasteiger partial charge in [-0.1, -0.05) is 12.1 Å². The van der Waals surface area contributed by atoms with Gasteiger partial charge in [-0.25, -0.2) is 4.39 Å². The molecule has 0 fully saturated rings. The summed E-state index contributed by atoms with van der Waals surface area (Å²) in [6.07, 6.45) is 2.55. The molecule has 0 unspecified atom stereocenters. The quantitative estimate of drug-likeness (QED) is 0.403. The van der Waals surface area contributed by atoms with Gasteiger partial charge in [-0.15, -0.1) is 0 Å². The Morgan fingerprint density at radius 1 is 1.21 bits per heavy atom. The molecule has 1 amide bonds. The average Bonchev–Trinajstić information content (AvgIpc) is 3.45. The van der Waals surface area contributed by atoms with Crippen LogP contribution in [0.25, 0.3) is 11.1 Å². The summed E-state index contributed by atoms with van der Waals surface area (Å²) in [5, 5.41) is 10.6. The molecule has 8 nitrogen and oxygen atoms in total. The van der Waals surface area contributed by atoms with Gasteiger partial charge in [0, 0.05) is 32.4 Å². The van der Waals surface area contributed by atoms with Crippen molar-refractivity contribution >= 4 is 17.0 Å². The van der Waals surface area contributed by atoms with E-state index in [-0.39, 0.29) is 40.2 Å². The number of benzene rings is 1. The minimum absolute atomic E-state index is 0.0434. The minimum Gasteiger partial charge on any atom is -0.467 e. The molecule has 3 aromatic heterocycles. The standard InChI is InChI=1S/C24H24FN3O5/c1-27-10-8-18(30)21-22(23(26)31)20(33-24(21)27)14-28(13-15-4-6-16(25)7-5-15)11-9-17(29)19-3-2-12-32-19/h2-8,10,12,17,29H,9,11,13-14H2,1H3,(H2,26,31)/t17-/m1/s1. The van der Waals surface area contributed by atoms with Gasteiger partial charge in [0.25, 0.3) is 5.91 Å². The second-order valence-electron chi connectivity index (χ2n) is 7.89. The van der Waals surface area contributed by atoms with E-state index in [1.165, 1.54) is 24.5 Å². The molecule has 0 radical (unpaired) electrons. The fraction of sp³-hybridized carbons (Fsp3) is 0.250. The van der Waals surface area contributed by atoms with Gasteiger partial charge in [0.05, 0.1) is 23.8 Å². The molecule has 0 aliphatic heterocycles. The zero-order valence-corrected chi connectivity index (χ0v) is 18.0. The Morgan fingerprint density at radius 2 is 1.97 bits per heavy atom. The summed E-state index contributed by atoms with van der Waals surface area (Å²) < 4.78 is 26.2. The molecular weight excluding hydrogens is 429 g/mol. The van der Waals surface area contributed by atoms with E-state index in [4.69, 9.17) is 14.6 Å². The van der Waals surface area contributed by atoms with E-state index >= 15 is 0 Å². The molecule has 33 heavy (non-hydrogen) atoms. The molecule has 0 bridgehead atoms. The smallest absolute Gasteiger partial charge is 0.253 e. The highest BCUT2D eigenvalue weighted by atomic mass is 19.1. The van der Waals surface area contributed by atoms with Crippen LogP contribution in [0, 0.1) is 5.82 Å². The summed E-state index contributed by atoms with van der Waals surface area (Å²) in [6.45, 7) is 0.927. The third kappa shape index (κ3) is 4.89. The highest BCUT2D eigenvalue weighted by molar-refractivity contribution is 6.05. The number of hydrogen-bond donors (Lipinski definition) is 2. The molecule has 1 aromatic carbocycles. The van der Waals surface area contributed by atoms with E-state index in [9.17, 15) is 19.1 Å². The third-order valence-electron chi connectivity index (χ3n) is 5.50. The van der Waals surface area contributed by atoms with E-state index < -0.39 is 12.0 Å². The number of aromatic nitrogens is 1. The summed E-state index contributed by atoms with van der Waals surface area (Å²) in [5.41, 5.74) is 6.39. The van der Waals surface area contributed by atoms with Crippen LogP contribution in [-0.2, 0) is 20.1 Å². The number of furan rings is 2. The first kappa shape index (κ1) is 22.5. The molecule has 4 aromatic rings. The van der Waals surface area contributed by atoms with Gasteiger partial charge < -0.3 is 24.2 Å². The number of hydrogen-bond acceptors (Lipinski definition) is 6. The van der Waals surface area contributed by atoms with Gasteiger partial charge in [-0.05, 0) is 36.2 Å². The number of amides is 1. The number of carbonyl (C=O) groups excluding carboxylic acids is 1. The van der Waals surface area contributed by atoms with Crippen LogP contribution in [0.1, 0.15) is 40.0 Å². The summed E-state index contributed by atoms with van der Waals surface area (Å²) >= 11 is 0. The topological polar surface area (TPSA) is 115 Å². The van der Waals surface area contributed by atoms with Crippen LogP contribution in [0.15, 0.2) is 68.6 Å². The molecule has 3 N–H and O–H groups in total. The largest absolute Gasteiger partial charge is 0.467 e. The Morgan fingerprint density at radius 3 is 2.64 bits per heavy atom. The number of aliphatic hydroxyl groups is 1. The highest BCUT2D eigenvalue weighted by Gasteiger charge is 2.24. The molecular formula is C24H24FN3O5. The van der Waals surface area contributed by atoms with Crippen molar-refractivity contribution < 1.29 is 23.1 Å². The summed E-state index contributed by atoms with van der Waals surface area (Å²) in [7, 11) is 1.70. The number of pyridine rings is 1. The second kappa shape index (κ2) is 9.43. The van der Waals surface area contributed by atoms with Crippen molar-refractivity contribution in [2.45, 2.75) is 25.6 Å². The van der Waals surface area contributed by atoms with E-state index in [1.807, 2.05) is 4.90 Å². The molecule has 0 saturated heterocycles. The van der Waals surface area contributed by atoms with Crippen molar-refractivity contribution in [1.82, 2.24) is 9.47 Å². The predicted molar refractivity (Wildman–Crippen MR) is 119 cm³/mol. The molecule has 4 rings (SSSR count). The van der Waals surface area contributed by atoms with Crippen molar-refractivity contribution in [2.75, 3.05) is 6.54 Å². The Labute approximate surface area is 188 Å². The molecule has 1 atom stereocenters. The van der Waals surface area contributed by atoms with Crippen molar-refractivity contribution in [3.63, 3.8) is 0 Å². The van der Waals surface area contributed by atoms with E-state index in [2.05, 4.69) is 0 Å². The van der Waals surface area contributed by atoms with Crippen molar-refractivity contribution in [2.24, 2.45) is 12.8 Å². The summed E-state index contributed by atoms with van der Waals surface area (Å²) in [5.74, 6) is -0.404. The first-order valence-electron chi connectivity index (χ1n) is 10.4. The lowest BCUT2D eigenvalue weighted by molar-refractivity contribution is 0.0993. The van der Waals surface area contributed by atoms with Crippen molar-refractivity contribution in [3.05, 3.63) is 93.6 Å². The minimum atomic E-state index is -0.826. The molecule has 0 aliphatic carbocycles. The fourth-order valence-electron chi connectivity index (χ4n) is 3.84. The maximum absolute atomic E-state index is 13.4. The Kier molecular flexibility index (Phi) is 6.43. The predicted octanol–water partition coefficient (Wildman–Crippen LogP) is 3.09. The zero-order valence-electron chi connectivity index (χ0n) is 18.0. The van der Waals surface area contributed by atoms with Crippen LogP contribution in [0.2, 0.25) is 0 Å². The number of nitrogens with zero attached hydrogens (tertiary/aromatic N) is 2. The van der Waals surface area contributed by atoms with Crippen LogP contribution in [0.5, 0.6) is 0 Å². The SMILES string of the molecule is Cn1ccc(=O)c2c(C(N)=O)c(CN(CC[C@@H](O)c3ccco3)Cc3ccc(F)cc3)oc21. The zero-order chi connectivity index (χ0) is 23.5. The van der Waals surface area contributed by atoms with Crippen LogP contribution < -0.4 is 11.2 Å². The van der Waals surface area contributed by atoms with Crippen molar-refractivity contribution in [3.8, 4) is 0 Å². The fourth-order valence-corrected chi connectivity index (χ4v) is 3.84. The van der Waals surface area contributed by atoms with Crippen LogP contribution in [0.3, 0.4) is 0 Å². The number of primary amides is 1. The molecule has 172 valence electrons. The van der Waals surface area contributed by atoms with Crippen LogP contribution >= 0.6 is 0 Å². The first-order valence-corrected chi connectivity index (χ1v) is 10.4. The third-order valence-corrected chi connectivity index (χ3v) is 5.50. The lowest BCUT2D eigenvalue weighted by Gasteiger charge is -2.23. The maximum atomic E-state index is 13.4. The Balaban J connectivity index is 1.66. The van der Waals surface area contributed by atoms with Gasteiger partial charge in [0.2, 0.25) is 5.71 Å². The van der Waals surface area contributed by atoms with Crippen LogP contribution in [-0.4, -0.2) is 27.0 Å². The molecule has 0 spiro atoms. The highest BCUT2D eigenvalue weighted by Crippen LogP contribution is 2.26. The van der Waals surface area contributed by atoms with E-state index in [0.29, 0.717) is 25.3 Å².